The number of hydrogen-bond acceptors (Lipinski definition) is 4. The molecule has 1 heterocycles. The molecule has 18 heavy (non-hydrogen) atoms. The van der Waals surface area contributed by atoms with Crippen molar-refractivity contribution in [2.75, 3.05) is 6.61 Å². The molecule has 1 aromatic rings. The van der Waals surface area contributed by atoms with Crippen molar-refractivity contribution in [1.82, 2.24) is 15.1 Å². The van der Waals surface area contributed by atoms with Crippen LogP contribution in [0.4, 0.5) is 4.79 Å². The number of hydrogen-bond donors (Lipinski definition) is 2. The van der Waals surface area contributed by atoms with Crippen molar-refractivity contribution in [2.24, 2.45) is 0 Å². The summed E-state index contributed by atoms with van der Waals surface area (Å²) in [6, 6.07) is -1.10. The maximum absolute atomic E-state index is 11.2. The Bertz CT molecular complexity index is 441. The summed E-state index contributed by atoms with van der Waals surface area (Å²) < 4.78 is 6.10. The number of aryl methyl sites for hydroxylation is 1. The fraction of sp³-hybridized carbons (Fsp3) is 0.364. The van der Waals surface area contributed by atoms with Gasteiger partial charge in [-0.15, -0.1) is 0 Å². The molecular weight excluding hydrogens is 238 g/mol. The third kappa shape index (κ3) is 4.28. The van der Waals surface area contributed by atoms with E-state index in [9.17, 15) is 9.59 Å². The average molecular weight is 253 g/mol. The molecule has 0 bridgehead atoms. The molecule has 2 N–H and O–H groups in total. The summed E-state index contributed by atoms with van der Waals surface area (Å²) in [4.78, 5) is 22.2. The topological polar surface area (TPSA) is 93.5 Å². The Morgan fingerprint density at radius 3 is 2.94 bits per heavy atom. The lowest BCUT2D eigenvalue weighted by atomic mass is 10.3. The van der Waals surface area contributed by atoms with Crippen molar-refractivity contribution in [3.8, 4) is 0 Å². The summed E-state index contributed by atoms with van der Waals surface area (Å²) in [5.41, 5.74) is 0.911. The van der Waals surface area contributed by atoms with Crippen LogP contribution in [0.15, 0.2) is 25.0 Å². The van der Waals surface area contributed by atoms with E-state index in [-0.39, 0.29) is 13.2 Å². The Balaban J connectivity index is 2.57. The molecule has 0 saturated heterocycles. The predicted octanol–water partition coefficient (Wildman–Crippen LogP) is 0.557. The van der Waals surface area contributed by atoms with Crippen LogP contribution in [-0.2, 0) is 16.1 Å². The Hall–Kier alpha value is -2.31. The molecule has 7 nitrogen and oxygen atoms in total. The maximum atomic E-state index is 11.2. The van der Waals surface area contributed by atoms with Gasteiger partial charge in [-0.2, -0.15) is 5.10 Å². The number of carboxylic acids is 1. The van der Waals surface area contributed by atoms with Crippen LogP contribution >= 0.6 is 0 Å². The van der Waals surface area contributed by atoms with Crippen molar-refractivity contribution < 1.29 is 19.4 Å². The molecule has 7 heteroatoms. The number of carbonyl (C=O) groups is 2. The van der Waals surface area contributed by atoms with E-state index in [1.54, 1.807) is 12.4 Å². The highest BCUT2D eigenvalue weighted by atomic mass is 16.5. The number of aromatic nitrogens is 2. The first-order chi connectivity index (χ1) is 8.52. The summed E-state index contributed by atoms with van der Waals surface area (Å²) in [7, 11) is 0. The van der Waals surface area contributed by atoms with Crippen LogP contribution in [0.5, 0.6) is 0 Å². The van der Waals surface area contributed by atoms with E-state index in [1.807, 2.05) is 6.92 Å². The van der Waals surface area contributed by atoms with E-state index in [2.05, 4.69) is 21.7 Å². The molecule has 1 atom stereocenters. The van der Waals surface area contributed by atoms with Gasteiger partial charge in [0, 0.05) is 6.20 Å². The molecule has 0 radical (unpaired) electrons. The van der Waals surface area contributed by atoms with Crippen LogP contribution in [0.1, 0.15) is 5.56 Å². The number of nitrogens with zero attached hydrogens (tertiary/aromatic N) is 2. The molecule has 98 valence electrons. The Labute approximate surface area is 104 Å². The Morgan fingerprint density at radius 1 is 1.72 bits per heavy atom. The Kier molecular flexibility index (Phi) is 4.91. The molecule has 1 unspecified atom stereocenters. The van der Waals surface area contributed by atoms with Crippen LogP contribution in [0.2, 0.25) is 0 Å². The zero-order valence-electron chi connectivity index (χ0n) is 10.00. The smallest absolute Gasteiger partial charge is 0.408 e. The van der Waals surface area contributed by atoms with Crippen LogP contribution in [0.25, 0.3) is 0 Å². The quantitative estimate of drug-likeness (QED) is 0.722. The molecule has 0 aliphatic rings. The second-order valence-electron chi connectivity index (χ2n) is 3.66. The van der Waals surface area contributed by atoms with Gasteiger partial charge in [0.15, 0.2) is 0 Å². The van der Waals surface area contributed by atoms with Crippen LogP contribution in [0.3, 0.4) is 0 Å². The van der Waals surface area contributed by atoms with E-state index < -0.39 is 18.1 Å². The van der Waals surface area contributed by atoms with Gasteiger partial charge in [0.1, 0.15) is 12.6 Å². The van der Waals surface area contributed by atoms with Gasteiger partial charge >= 0.3 is 12.1 Å². The molecule has 0 aliphatic carbocycles. The predicted molar refractivity (Wildman–Crippen MR) is 63.1 cm³/mol. The second-order valence-corrected chi connectivity index (χ2v) is 3.66. The van der Waals surface area contributed by atoms with Gasteiger partial charge in [0.25, 0.3) is 0 Å². The first kappa shape index (κ1) is 13.8. The van der Waals surface area contributed by atoms with E-state index >= 15 is 0 Å². The fourth-order valence-electron chi connectivity index (χ4n) is 1.26. The first-order valence-electron chi connectivity index (χ1n) is 5.29. The summed E-state index contributed by atoms with van der Waals surface area (Å²) in [6.07, 6.45) is 3.89. The van der Waals surface area contributed by atoms with Gasteiger partial charge in [-0.05, 0) is 12.5 Å². The standard InChI is InChI=1S/C11H15N3O4/c1-3-4-18-11(17)13-9(10(15)16)7-14-6-8(2)5-12-14/h3,5-6,9H,1,4,7H2,2H3,(H,13,17)(H,15,16). The lowest BCUT2D eigenvalue weighted by Crippen LogP contribution is -2.44. The number of aliphatic carboxylic acids is 1. The minimum absolute atomic E-state index is 0.0268. The van der Waals surface area contributed by atoms with Gasteiger partial charge in [-0.1, -0.05) is 12.7 Å². The van der Waals surface area contributed by atoms with Crippen molar-refractivity contribution in [2.45, 2.75) is 19.5 Å². The highest BCUT2D eigenvalue weighted by molar-refractivity contribution is 5.79. The first-order valence-corrected chi connectivity index (χ1v) is 5.29. The molecule has 0 spiro atoms. The zero-order valence-corrected chi connectivity index (χ0v) is 10.00. The van der Waals surface area contributed by atoms with Gasteiger partial charge in [0.05, 0.1) is 12.7 Å². The van der Waals surface area contributed by atoms with E-state index in [0.29, 0.717) is 0 Å². The van der Waals surface area contributed by atoms with Crippen molar-refractivity contribution >= 4 is 12.1 Å². The normalized spacial score (nSPS) is 11.6. The number of carboxylic acid groups (broad SMARTS) is 1. The van der Waals surface area contributed by atoms with Gasteiger partial charge < -0.3 is 15.2 Å². The lowest BCUT2D eigenvalue weighted by Gasteiger charge is -2.14. The van der Waals surface area contributed by atoms with E-state index in [0.717, 1.165) is 5.56 Å². The zero-order chi connectivity index (χ0) is 13.5. The summed E-state index contributed by atoms with van der Waals surface area (Å²) in [6.45, 7) is 5.28. The largest absolute Gasteiger partial charge is 0.480 e. The maximum Gasteiger partial charge on any atom is 0.408 e. The third-order valence-corrected chi connectivity index (χ3v) is 2.05. The van der Waals surface area contributed by atoms with Gasteiger partial charge in [0.2, 0.25) is 0 Å². The summed E-state index contributed by atoms with van der Waals surface area (Å²) >= 11 is 0. The van der Waals surface area contributed by atoms with E-state index in [1.165, 1.54) is 10.8 Å². The number of nitrogens with one attached hydrogen (secondary N) is 1. The van der Waals surface area contributed by atoms with E-state index in [4.69, 9.17) is 5.11 Å². The number of amides is 1. The van der Waals surface area contributed by atoms with Crippen LogP contribution in [-0.4, -0.2) is 39.6 Å². The molecular formula is C11H15N3O4. The van der Waals surface area contributed by atoms with Crippen molar-refractivity contribution in [3.05, 3.63) is 30.6 Å². The molecule has 0 saturated carbocycles. The van der Waals surface area contributed by atoms with Gasteiger partial charge in [-0.3, -0.25) is 4.68 Å². The molecule has 1 rings (SSSR count). The van der Waals surface area contributed by atoms with Crippen LogP contribution < -0.4 is 5.32 Å². The molecule has 0 fully saturated rings. The number of carbonyl (C=O) groups excluding carboxylic acids is 1. The monoisotopic (exact) mass is 253 g/mol. The van der Waals surface area contributed by atoms with Crippen LogP contribution in [0, 0.1) is 6.92 Å². The SMILES string of the molecule is C=CCOC(=O)NC(Cn1cc(C)cn1)C(=O)O. The Morgan fingerprint density at radius 2 is 2.44 bits per heavy atom. The highest BCUT2D eigenvalue weighted by Crippen LogP contribution is 1.97. The minimum atomic E-state index is -1.15. The van der Waals surface area contributed by atoms with Crippen molar-refractivity contribution in [1.29, 1.82) is 0 Å². The van der Waals surface area contributed by atoms with Crippen molar-refractivity contribution in [3.63, 3.8) is 0 Å². The number of ether oxygens (including phenoxy) is 1. The number of rotatable bonds is 6. The highest BCUT2D eigenvalue weighted by Gasteiger charge is 2.21. The minimum Gasteiger partial charge on any atom is -0.480 e. The summed E-state index contributed by atoms with van der Waals surface area (Å²) in [5.74, 6) is -1.15. The fourth-order valence-corrected chi connectivity index (χ4v) is 1.26. The molecule has 1 amide bonds. The molecule has 0 aliphatic heterocycles. The van der Waals surface area contributed by atoms with Gasteiger partial charge in [-0.25, -0.2) is 9.59 Å². The number of alkyl carbamates (subject to hydrolysis) is 1. The molecule has 0 aromatic carbocycles. The molecule has 1 aromatic heterocycles. The average Bonchev–Trinajstić information content (AvgIpc) is 2.71. The summed E-state index contributed by atoms with van der Waals surface area (Å²) in [5, 5.41) is 15.2. The second kappa shape index (κ2) is 6.43. The third-order valence-electron chi connectivity index (χ3n) is 2.05. The lowest BCUT2D eigenvalue weighted by molar-refractivity contribution is -0.139.